The molecule has 0 bridgehead atoms. The van der Waals surface area contributed by atoms with Gasteiger partial charge < -0.3 is 9.64 Å². The molecule has 2 rings (SSSR count). The zero-order valence-electron chi connectivity index (χ0n) is 14.7. The Morgan fingerprint density at radius 1 is 1.38 bits per heavy atom. The number of hydrogen-bond acceptors (Lipinski definition) is 3. The average Bonchev–Trinajstić information content (AvgIpc) is 2.54. The third-order valence-electron chi connectivity index (χ3n) is 4.52. The van der Waals surface area contributed by atoms with E-state index in [1.54, 1.807) is 0 Å². The first-order valence-corrected chi connectivity index (χ1v) is 8.96. The zero-order valence-corrected chi connectivity index (χ0v) is 15.4. The smallest absolute Gasteiger partial charge is 0.314 e. The van der Waals surface area contributed by atoms with Gasteiger partial charge in [0, 0.05) is 24.0 Å². The van der Waals surface area contributed by atoms with Gasteiger partial charge in [-0.15, -0.1) is 0 Å². The number of rotatable bonds is 5. The molecule has 4 nitrogen and oxygen atoms in total. The van der Waals surface area contributed by atoms with Gasteiger partial charge in [0.25, 0.3) is 0 Å². The van der Waals surface area contributed by atoms with E-state index < -0.39 is 5.41 Å². The minimum Gasteiger partial charge on any atom is -0.466 e. The maximum absolute atomic E-state index is 12.8. The quantitative estimate of drug-likeness (QED) is 0.760. The van der Waals surface area contributed by atoms with Crippen molar-refractivity contribution in [2.24, 2.45) is 11.3 Å². The van der Waals surface area contributed by atoms with Crippen LogP contribution < -0.4 is 0 Å². The topological polar surface area (TPSA) is 46.6 Å². The SMILES string of the molecule is CCOC(=O)C1(Cc2cccc(Cl)c2)CCCN(C(=O)C(C)C)C1. The van der Waals surface area contributed by atoms with E-state index in [0.717, 1.165) is 18.4 Å². The van der Waals surface area contributed by atoms with E-state index in [1.165, 1.54) is 0 Å². The summed E-state index contributed by atoms with van der Waals surface area (Å²) in [4.78, 5) is 27.0. The fourth-order valence-electron chi connectivity index (χ4n) is 3.39. The van der Waals surface area contributed by atoms with Crippen LogP contribution in [-0.2, 0) is 20.7 Å². The molecule has 0 spiro atoms. The van der Waals surface area contributed by atoms with Crippen LogP contribution in [0.3, 0.4) is 0 Å². The minimum atomic E-state index is -0.691. The molecule has 24 heavy (non-hydrogen) atoms. The van der Waals surface area contributed by atoms with Gasteiger partial charge in [-0.3, -0.25) is 9.59 Å². The summed E-state index contributed by atoms with van der Waals surface area (Å²) in [6.07, 6.45) is 2.06. The van der Waals surface area contributed by atoms with Crippen LogP contribution >= 0.6 is 11.6 Å². The molecule has 1 unspecified atom stereocenters. The molecule has 0 aromatic heterocycles. The Hall–Kier alpha value is -1.55. The highest BCUT2D eigenvalue weighted by Crippen LogP contribution is 2.36. The third-order valence-corrected chi connectivity index (χ3v) is 4.76. The third kappa shape index (κ3) is 4.29. The van der Waals surface area contributed by atoms with Gasteiger partial charge in [0.1, 0.15) is 0 Å². The summed E-state index contributed by atoms with van der Waals surface area (Å²) in [6.45, 7) is 7.04. The van der Waals surface area contributed by atoms with E-state index in [2.05, 4.69) is 0 Å². The summed E-state index contributed by atoms with van der Waals surface area (Å²) in [5.41, 5.74) is 0.304. The van der Waals surface area contributed by atoms with E-state index in [9.17, 15) is 9.59 Å². The van der Waals surface area contributed by atoms with Gasteiger partial charge in [-0.1, -0.05) is 37.6 Å². The van der Waals surface area contributed by atoms with Gasteiger partial charge in [0.05, 0.1) is 12.0 Å². The first-order chi connectivity index (χ1) is 11.4. The van der Waals surface area contributed by atoms with Crippen LogP contribution in [-0.4, -0.2) is 36.5 Å². The molecule has 1 amide bonds. The molecule has 0 radical (unpaired) electrons. The van der Waals surface area contributed by atoms with Crippen LogP contribution in [0.1, 0.15) is 39.2 Å². The lowest BCUT2D eigenvalue weighted by molar-refractivity contribution is -0.161. The van der Waals surface area contributed by atoms with Crippen molar-refractivity contribution in [3.8, 4) is 0 Å². The Morgan fingerprint density at radius 3 is 2.75 bits per heavy atom. The monoisotopic (exact) mass is 351 g/mol. The summed E-state index contributed by atoms with van der Waals surface area (Å²) in [7, 11) is 0. The van der Waals surface area contributed by atoms with E-state index in [1.807, 2.05) is 49.9 Å². The Morgan fingerprint density at radius 2 is 2.12 bits per heavy atom. The molecule has 1 atom stereocenters. The highest BCUT2D eigenvalue weighted by atomic mass is 35.5. The number of piperidine rings is 1. The van der Waals surface area contributed by atoms with Crippen molar-refractivity contribution in [3.05, 3.63) is 34.9 Å². The molecule has 1 aliphatic rings. The van der Waals surface area contributed by atoms with Gasteiger partial charge in [0.2, 0.25) is 5.91 Å². The Balaban J connectivity index is 2.29. The van der Waals surface area contributed by atoms with Crippen molar-refractivity contribution < 1.29 is 14.3 Å². The number of esters is 1. The number of halogens is 1. The Bertz CT molecular complexity index is 602. The zero-order chi connectivity index (χ0) is 17.7. The number of ether oxygens (including phenoxy) is 1. The molecule has 1 aromatic rings. The second-order valence-electron chi connectivity index (χ2n) is 6.83. The fraction of sp³-hybridized carbons (Fsp3) is 0.579. The number of likely N-dealkylation sites (tertiary alicyclic amines) is 1. The maximum atomic E-state index is 12.8. The molecule has 5 heteroatoms. The highest BCUT2D eigenvalue weighted by molar-refractivity contribution is 6.30. The molecule has 0 aliphatic carbocycles. The van der Waals surface area contributed by atoms with Gasteiger partial charge in [-0.05, 0) is 43.9 Å². The largest absolute Gasteiger partial charge is 0.466 e. The number of amides is 1. The van der Waals surface area contributed by atoms with Crippen LogP contribution in [0.2, 0.25) is 5.02 Å². The second-order valence-corrected chi connectivity index (χ2v) is 7.26. The predicted molar refractivity (Wildman–Crippen MR) is 94.9 cm³/mol. The van der Waals surface area contributed by atoms with Crippen molar-refractivity contribution in [1.82, 2.24) is 4.90 Å². The number of carbonyl (C=O) groups excluding carboxylic acids is 2. The van der Waals surface area contributed by atoms with Crippen molar-refractivity contribution in [2.45, 2.75) is 40.0 Å². The predicted octanol–water partition coefficient (Wildman–Crippen LogP) is 3.71. The summed E-state index contributed by atoms with van der Waals surface area (Å²) < 4.78 is 5.37. The number of hydrogen-bond donors (Lipinski definition) is 0. The summed E-state index contributed by atoms with van der Waals surface area (Å²) in [5.74, 6) is -0.199. The lowest BCUT2D eigenvalue weighted by Gasteiger charge is -2.41. The second kappa shape index (κ2) is 8.02. The Labute approximate surface area is 149 Å². The van der Waals surface area contributed by atoms with Crippen molar-refractivity contribution in [3.63, 3.8) is 0 Å². The molecule has 0 N–H and O–H groups in total. The fourth-order valence-corrected chi connectivity index (χ4v) is 3.60. The van der Waals surface area contributed by atoms with Gasteiger partial charge >= 0.3 is 5.97 Å². The maximum Gasteiger partial charge on any atom is 0.314 e. The van der Waals surface area contributed by atoms with Crippen molar-refractivity contribution in [2.75, 3.05) is 19.7 Å². The first kappa shape index (κ1) is 18.8. The molecular formula is C19H26ClNO3. The molecular weight excluding hydrogens is 326 g/mol. The molecule has 1 saturated heterocycles. The summed E-state index contributed by atoms with van der Waals surface area (Å²) in [5, 5.41) is 0.650. The van der Waals surface area contributed by atoms with Crippen molar-refractivity contribution in [1.29, 1.82) is 0 Å². The van der Waals surface area contributed by atoms with E-state index in [4.69, 9.17) is 16.3 Å². The first-order valence-electron chi connectivity index (χ1n) is 8.58. The average molecular weight is 352 g/mol. The van der Waals surface area contributed by atoms with Crippen LogP contribution in [0.25, 0.3) is 0 Å². The number of carbonyl (C=O) groups is 2. The van der Waals surface area contributed by atoms with E-state index >= 15 is 0 Å². The van der Waals surface area contributed by atoms with Gasteiger partial charge in [-0.25, -0.2) is 0 Å². The van der Waals surface area contributed by atoms with E-state index in [0.29, 0.717) is 31.1 Å². The molecule has 1 aromatic carbocycles. The highest BCUT2D eigenvalue weighted by Gasteiger charge is 2.45. The minimum absolute atomic E-state index is 0.0748. The van der Waals surface area contributed by atoms with Crippen LogP contribution in [0.4, 0.5) is 0 Å². The van der Waals surface area contributed by atoms with Crippen LogP contribution in [0.15, 0.2) is 24.3 Å². The lowest BCUT2D eigenvalue weighted by atomic mass is 9.75. The van der Waals surface area contributed by atoms with Crippen LogP contribution in [0, 0.1) is 11.3 Å². The molecule has 1 aliphatic heterocycles. The molecule has 1 fully saturated rings. The molecule has 132 valence electrons. The lowest BCUT2D eigenvalue weighted by Crippen LogP contribution is -2.52. The van der Waals surface area contributed by atoms with Gasteiger partial charge in [0.15, 0.2) is 0 Å². The normalized spacial score (nSPS) is 21.0. The number of nitrogens with zero attached hydrogens (tertiary/aromatic N) is 1. The van der Waals surface area contributed by atoms with Crippen molar-refractivity contribution >= 4 is 23.5 Å². The molecule has 0 saturated carbocycles. The van der Waals surface area contributed by atoms with Gasteiger partial charge in [-0.2, -0.15) is 0 Å². The Kier molecular flexibility index (Phi) is 6.27. The molecule has 1 heterocycles. The summed E-state index contributed by atoms with van der Waals surface area (Å²) >= 11 is 6.09. The van der Waals surface area contributed by atoms with E-state index in [-0.39, 0.29) is 17.8 Å². The standard InChI is InChI=1S/C19H26ClNO3/c1-4-24-18(23)19(12-15-7-5-8-16(20)11-15)9-6-10-21(13-19)17(22)14(2)3/h5,7-8,11,14H,4,6,9-10,12-13H2,1-3H3. The van der Waals surface area contributed by atoms with Crippen LogP contribution in [0.5, 0.6) is 0 Å². The summed E-state index contributed by atoms with van der Waals surface area (Å²) in [6, 6.07) is 7.55. The number of benzene rings is 1.